The van der Waals surface area contributed by atoms with E-state index in [2.05, 4.69) is 21.2 Å². The van der Waals surface area contributed by atoms with Crippen molar-refractivity contribution in [3.05, 3.63) is 56.4 Å². The summed E-state index contributed by atoms with van der Waals surface area (Å²) in [5.74, 6) is -0.334. The standard InChI is InChI=1S/C17H17BrClN3O4/c1-21(17(25)10-22-8-11(18)3-6-16(22)24)9-15(23)20-13-7-12(19)4-5-14(13)26-2/h3-8H,9-10H2,1-2H3,(H,20,23). The van der Waals surface area contributed by atoms with Crippen LogP contribution in [0, 0.1) is 0 Å². The number of halogens is 2. The molecule has 2 aromatic rings. The molecular weight excluding hydrogens is 426 g/mol. The molecule has 0 aliphatic rings. The fourth-order valence-corrected chi connectivity index (χ4v) is 2.71. The number of carbonyl (C=O) groups excluding carboxylic acids is 2. The Morgan fingerprint density at radius 1 is 1.31 bits per heavy atom. The van der Waals surface area contributed by atoms with Crippen LogP contribution in [0.5, 0.6) is 5.75 Å². The largest absolute Gasteiger partial charge is 0.495 e. The molecule has 1 N–H and O–H groups in total. The molecule has 0 spiro atoms. The summed E-state index contributed by atoms with van der Waals surface area (Å²) in [6.07, 6.45) is 1.52. The summed E-state index contributed by atoms with van der Waals surface area (Å²) in [6, 6.07) is 7.78. The molecule has 1 aromatic carbocycles. The second-order valence-electron chi connectivity index (χ2n) is 5.46. The van der Waals surface area contributed by atoms with E-state index in [0.717, 1.165) is 0 Å². The predicted octanol–water partition coefficient (Wildman–Crippen LogP) is 2.37. The van der Waals surface area contributed by atoms with E-state index in [1.807, 2.05) is 0 Å². The van der Waals surface area contributed by atoms with Gasteiger partial charge in [0.15, 0.2) is 0 Å². The van der Waals surface area contributed by atoms with Crippen LogP contribution < -0.4 is 15.6 Å². The van der Waals surface area contributed by atoms with Crippen molar-refractivity contribution in [1.29, 1.82) is 0 Å². The molecule has 1 aromatic heterocycles. The number of ether oxygens (including phenoxy) is 1. The van der Waals surface area contributed by atoms with Crippen molar-refractivity contribution in [2.75, 3.05) is 26.0 Å². The summed E-state index contributed by atoms with van der Waals surface area (Å²) in [6.45, 7) is -0.347. The van der Waals surface area contributed by atoms with E-state index in [4.69, 9.17) is 16.3 Å². The minimum Gasteiger partial charge on any atom is -0.495 e. The molecule has 0 radical (unpaired) electrons. The first-order chi connectivity index (χ1) is 12.3. The molecule has 1 heterocycles. The molecule has 0 saturated heterocycles. The van der Waals surface area contributed by atoms with E-state index in [1.165, 1.54) is 35.9 Å². The molecular formula is C17H17BrClN3O4. The van der Waals surface area contributed by atoms with Gasteiger partial charge in [0.05, 0.1) is 19.3 Å². The summed E-state index contributed by atoms with van der Waals surface area (Å²) in [5.41, 5.74) is 0.108. The first-order valence-electron chi connectivity index (χ1n) is 7.53. The highest BCUT2D eigenvalue weighted by atomic mass is 79.9. The number of aromatic nitrogens is 1. The van der Waals surface area contributed by atoms with Gasteiger partial charge >= 0.3 is 0 Å². The lowest BCUT2D eigenvalue weighted by atomic mass is 10.3. The van der Waals surface area contributed by atoms with Gasteiger partial charge in [0, 0.05) is 28.8 Å². The maximum Gasteiger partial charge on any atom is 0.251 e. The second kappa shape index (κ2) is 8.86. The van der Waals surface area contributed by atoms with Gasteiger partial charge < -0.3 is 19.5 Å². The van der Waals surface area contributed by atoms with Gasteiger partial charge in [-0.1, -0.05) is 11.6 Å². The number of anilines is 1. The molecule has 0 atom stereocenters. The van der Waals surface area contributed by atoms with Gasteiger partial charge in [-0.05, 0) is 40.2 Å². The van der Waals surface area contributed by atoms with Crippen molar-refractivity contribution < 1.29 is 14.3 Å². The Hall–Kier alpha value is -2.32. The smallest absolute Gasteiger partial charge is 0.251 e. The van der Waals surface area contributed by atoms with Crippen LogP contribution in [-0.2, 0) is 16.1 Å². The van der Waals surface area contributed by atoms with Crippen molar-refractivity contribution in [1.82, 2.24) is 9.47 Å². The topological polar surface area (TPSA) is 80.6 Å². The number of pyridine rings is 1. The lowest BCUT2D eigenvalue weighted by Crippen LogP contribution is -2.38. The Labute approximate surface area is 163 Å². The predicted molar refractivity (Wildman–Crippen MR) is 103 cm³/mol. The van der Waals surface area contributed by atoms with Gasteiger partial charge in [-0.2, -0.15) is 0 Å². The third-order valence-electron chi connectivity index (χ3n) is 3.50. The summed E-state index contributed by atoms with van der Waals surface area (Å²) in [5, 5.41) is 3.10. The van der Waals surface area contributed by atoms with Crippen LogP contribution in [0.4, 0.5) is 5.69 Å². The van der Waals surface area contributed by atoms with Crippen LogP contribution in [0.15, 0.2) is 45.8 Å². The number of methoxy groups -OCH3 is 1. The van der Waals surface area contributed by atoms with E-state index in [0.29, 0.717) is 20.9 Å². The Morgan fingerprint density at radius 2 is 2.04 bits per heavy atom. The molecule has 7 nitrogen and oxygen atoms in total. The second-order valence-corrected chi connectivity index (χ2v) is 6.81. The molecule has 0 aliphatic heterocycles. The molecule has 2 amide bonds. The Balaban J connectivity index is 2.00. The van der Waals surface area contributed by atoms with Crippen molar-refractivity contribution in [2.24, 2.45) is 0 Å². The Bertz CT molecular complexity index is 885. The fraction of sp³-hybridized carbons (Fsp3) is 0.235. The van der Waals surface area contributed by atoms with Crippen molar-refractivity contribution in [2.45, 2.75) is 6.54 Å². The molecule has 26 heavy (non-hydrogen) atoms. The van der Waals surface area contributed by atoms with Crippen LogP contribution in [0.25, 0.3) is 0 Å². The van der Waals surface area contributed by atoms with E-state index in [-0.39, 0.29) is 24.6 Å². The zero-order valence-electron chi connectivity index (χ0n) is 14.2. The molecule has 9 heteroatoms. The first kappa shape index (κ1) is 20.0. The highest BCUT2D eigenvalue weighted by molar-refractivity contribution is 9.10. The Morgan fingerprint density at radius 3 is 2.73 bits per heavy atom. The zero-order valence-corrected chi connectivity index (χ0v) is 16.5. The average molecular weight is 443 g/mol. The number of hydrogen-bond donors (Lipinski definition) is 1. The summed E-state index contributed by atoms with van der Waals surface area (Å²) in [4.78, 5) is 37.5. The normalized spacial score (nSPS) is 10.3. The highest BCUT2D eigenvalue weighted by Gasteiger charge is 2.15. The highest BCUT2D eigenvalue weighted by Crippen LogP contribution is 2.27. The number of likely N-dealkylation sites (N-methyl/N-ethyl adjacent to an activating group) is 1. The van der Waals surface area contributed by atoms with Crippen LogP contribution in [0.2, 0.25) is 5.02 Å². The van der Waals surface area contributed by atoms with Crippen LogP contribution >= 0.6 is 27.5 Å². The maximum absolute atomic E-state index is 12.3. The minimum atomic E-state index is -0.414. The van der Waals surface area contributed by atoms with Gasteiger partial charge in [0.2, 0.25) is 11.8 Å². The molecule has 0 aliphatic carbocycles. The van der Waals surface area contributed by atoms with Gasteiger partial charge in [0.25, 0.3) is 5.56 Å². The number of rotatable bonds is 6. The number of nitrogens with zero attached hydrogens (tertiary/aromatic N) is 2. The molecule has 0 saturated carbocycles. The van der Waals surface area contributed by atoms with Gasteiger partial charge in [-0.3, -0.25) is 14.4 Å². The SMILES string of the molecule is COc1ccc(Cl)cc1NC(=O)CN(C)C(=O)Cn1cc(Br)ccc1=O. The summed E-state index contributed by atoms with van der Waals surface area (Å²) >= 11 is 9.17. The van der Waals surface area contributed by atoms with Crippen molar-refractivity contribution >= 4 is 45.0 Å². The zero-order chi connectivity index (χ0) is 19.3. The third kappa shape index (κ3) is 5.34. The van der Waals surface area contributed by atoms with Crippen molar-refractivity contribution in [3.8, 4) is 5.75 Å². The first-order valence-corrected chi connectivity index (χ1v) is 8.70. The number of nitrogens with one attached hydrogen (secondary N) is 1. The molecule has 138 valence electrons. The molecule has 0 fully saturated rings. The number of amides is 2. The summed E-state index contributed by atoms with van der Waals surface area (Å²) < 4.78 is 7.10. The van der Waals surface area contributed by atoms with E-state index in [9.17, 15) is 14.4 Å². The Kier molecular flexibility index (Phi) is 6.82. The fourth-order valence-electron chi connectivity index (χ4n) is 2.16. The monoisotopic (exact) mass is 441 g/mol. The quantitative estimate of drug-likeness (QED) is 0.745. The van der Waals surface area contributed by atoms with Crippen LogP contribution in [0.3, 0.4) is 0 Å². The lowest BCUT2D eigenvalue weighted by molar-refractivity contribution is -0.133. The average Bonchev–Trinajstić information content (AvgIpc) is 2.58. The van der Waals surface area contributed by atoms with E-state index in [1.54, 1.807) is 24.3 Å². The van der Waals surface area contributed by atoms with Crippen LogP contribution in [0.1, 0.15) is 0 Å². The van der Waals surface area contributed by atoms with Gasteiger partial charge in [-0.25, -0.2) is 0 Å². The maximum atomic E-state index is 12.3. The molecule has 0 bridgehead atoms. The summed E-state index contributed by atoms with van der Waals surface area (Å²) in [7, 11) is 2.96. The van der Waals surface area contributed by atoms with Crippen molar-refractivity contribution in [3.63, 3.8) is 0 Å². The molecule has 0 unspecified atom stereocenters. The lowest BCUT2D eigenvalue weighted by Gasteiger charge is -2.18. The third-order valence-corrected chi connectivity index (χ3v) is 4.20. The van der Waals surface area contributed by atoms with Gasteiger partial charge in [-0.15, -0.1) is 0 Å². The van der Waals surface area contributed by atoms with Crippen LogP contribution in [-0.4, -0.2) is 42.0 Å². The number of carbonyl (C=O) groups is 2. The number of benzene rings is 1. The van der Waals surface area contributed by atoms with E-state index >= 15 is 0 Å². The van der Waals surface area contributed by atoms with Gasteiger partial charge in [0.1, 0.15) is 12.3 Å². The minimum absolute atomic E-state index is 0.164. The number of hydrogen-bond acceptors (Lipinski definition) is 4. The molecule has 2 rings (SSSR count). The van der Waals surface area contributed by atoms with E-state index < -0.39 is 5.91 Å².